The van der Waals surface area contributed by atoms with Gasteiger partial charge in [-0.2, -0.15) is 40.6 Å². The Kier molecular flexibility index (Phi) is 13.9. The van der Waals surface area contributed by atoms with Crippen molar-refractivity contribution in [1.29, 1.82) is 21.0 Å². The van der Waals surface area contributed by atoms with Gasteiger partial charge in [0.15, 0.2) is 36.6 Å². The summed E-state index contributed by atoms with van der Waals surface area (Å²) in [5, 5.41) is 45.1. The Labute approximate surface area is 370 Å². The zero-order chi connectivity index (χ0) is 46.2. The lowest BCUT2D eigenvalue weighted by molar-refractivity contribution is -0.154. The van der Waals surface area contributed by atoms with Crippen molar-refractivity contribution < 1.29 is 37.3 Å². The van der Waals surface area contributed by atoms with Crippen LogP contribution < -0.4 is 20.9 Å². The van der Waals surface area contributed by atoms with Crippen LogP contribution in [-0.4, -0.2) is 40.6 Å². The van der Waals surface area contributed by atoms with Crippen molar-refractivity contribution in [3.63, 3.8) is 0 Å². The zero-order valence-corrected chi connectivity index (χ0v) is 34.8. The predicted octanol–water partition coefficient (Wildman–Crippen LogP) is 5.80. The molecule has 0 bridgehead atoms. The van der Waals surface area contributed by atoms with Crippen LogP contribution in [0.1, 0.15) is 57.9 Å². The average molecular weight is 910 g/mol. The molecule has 0 aliphatic carbocycles. The molecule has 2 heterocycles. The minimum atomic E-state index is -0.907. The second-order valence-electron chi connectivity index (χ2n) is 13.5. The van der Waals surface area contributed by atoms with Gasteiger partial charge in [0.25, 0.3) is 0 Å². The molecule has 0 aliphatic rings. The van der Waals surface area contributed by atoms with E-state index in [0.717, 1.165) is 18.5 Å². The van der Waals surface area contributed by atoms with Gasteiger partial charge in [-0.3, -0.25) is 18.7 Å². The highest BCUT2D eigenvalue weighted by atomic mass is 35.5. The van der Waals surface area contributed by atoms with Gasteiger partial charge in [0.1, 0.15) is 23.1 Å². The quantitative estimate of drug-likeness (QED) is 0.111. The van der Waals surface area contributed by atoms with Gasteiger partial charge < -0.3 is 18.9 Å². The first-order valence-electron chi connectivity index (χ1n) is 18.4. The molecule has 0 atom stereocenters. The van der Waals surface area contributed by atoms with Crippen LogP contribution in [0.3, 0.4) is 0 Å². The molecule has 18 nitrogen and oxygen atoms in total. The summed E-state index contributed by atoms with van der Waals surface area (Å²) in [6, 6.07) is 20.8. The number of aromatic nitrogens is 6. The fourth-order valence-electron chi connectivity index (χ4n) is 5.91. The highest BCUT2D eigenvalue weighted by Crippen LogP contribution is 2.37. The van der Waals surface area contributed by atoms with Gasteiger partial charge in [0, 0.05) is 26.9 Å². The standard InChI is InChI=1S/C42H28Cl2F2N10O8/c1-53-33(15-27-3-5-31(43)39(37(27)45)63-29-11-23(17-47)9-24(12-29)18-48)51-55(41(53)59)21-61-35(57)7-8-36(58)62-22-56-42(60)54(2)34(52-56)16-28-4-6-32(44)40(38(28)46)64-30-13-25(19-49)10-26(14-30)20-50/h3-6,9-14H,7-8,15-16,21-22H2,1-2H3. The molecule has 0 unspecified atom stereocenters. The molecule has 2 aromatic heterocycles. The van der Waals surface area contributed by atoms with Gasteiger partial charge in [-0.15, -0.1) is 0 Å². The number of carbonyl (C=O) groups excluding carboxylic acids is 2. The van der Waals surface area contributed by atoms with Gasteiger partial charge in [-0.25, -0.2) is 18.4 Å². The summed E-state index contributed by atoms with van der Waals surface area (Å²) < 4.78 is 56.7. The molecular weight excluding hydrogens is 881 g/mol. The number of hydrogen-bond donors (Lipinski definition) is 0. The number of ether oxygens (including phenoxy) is 4. The molecule has 4 aromatic carbocycles. The van der Waals surface area contributed by atoms with E-state index in [0.29, 0.717) is 0 Å². The van der Waals surface area contributed by atoms with E-state index in [1.807, 2.05) is 24.3 Å². The topological polar surface area (TPSA) is 246 Å². The summed E-state index contributed by atoms with van der Waals surface area (Å²) in [6.07, 6.45) is -1.44. The smallest absolute Gasteiger partial charge is 0.348 e. The number of esters is 2. The van der Waals surface area contributed by atoms with Crippen LogP contribution in [0.4, 0.5) is 8.78 Å². The Hall–Kier alpha value is -8.30. The number of benzene rings is 4. The van der Waals surface area contributed by atoms with Crippen molar-refractivity contribution in [3.8, 4) is 47.3 Å². The van der Waals surface area contributed by atoms with E-state index in [-0.39, 0.29) is 79.4 Å². The molecule has 22 heteroatoms. The fraction of sp³-hybridized carbons (Fsp3) is 0.190. The van der Waals surface area contributed by atoms with E-state index in [1.54, 1.807) is 0 Å². The summed E-state index contributed by atoms with van der Waals surface area (Å²) in [6.45, 7) is -1.31. The Morgan fingerprint density at radius 3 is 1.28 bits per heavy atom. The van der Waals surface area contributed by atoms with E-state index < -0.39 is 72.8 Å². The van der Waals surface area contributed by atoms with Gasteiger partial charge in [0.2, 0.25) is 0 Å². The molecule has 0 saturated carbocycles. The number of rotatable bonds is 15. The van der Waals surface area contributed by atoms with E-state index in [9.17, 15) is 40.2 Å². The Balaban J connectivity index is 1.02. The minimum absolute atomic E-state index is 0.00825. The Morgan fingerprint density at radius 2 is 0.953 bits per heavy atom. The van der Waals surface area contributed by atoms with Gasteiger partial charge in [0.05, 0.1) is 69.4 Å². The summed E-state index contributed by atoms with van der Waals surface area (Å²) in [5.41, 5.74) is -0.970. The highest BCUT2D eigenvalue weighted by molar-refractivity contribution is 6.32. The molecule has 322 valence electrons. The average Bonchev–Trinajstić information content (AvgIpc) is 3.72. The molecule has 6 rings (SSSR count). The van der Waals surface area contributed by atoms with Crippen molar-refractivity contribution in [1.82, 2.24) is 28.7 Å². The third kappa shape index (κ3) is 10.2. The summed E-state index contributed by atoms with van der Waals surface area (Å²) >= 11 is 12.4. The monoisotopic (exact) mass is 908 g/mol. The van der Waals surface area contributed by atoms with Crippen LogP contribution in [-0.2, 0) is 59.5 Å². The molecule has 0 fully saturated rings. The number of nitriles is 4. The largest absolute Gasteiger partial charge is 0.453 e. The molecule has 0 saturated heterocycles. The Bertz CT molecular complexity index is 2880. The second-order valence-corrected chi connectivity index (χ2v) is 14.3. The SMILES string of the molecule is Cn1c(Cc2ccc(Cl)c(Oc3cc(C#N)cc(C#N)c3)c2F)nn(COC(=O)CCC(=O)OCn2nc(Cc3ccc(Cl)c(Oc4cc(C#N)cc(C#N)c4)c3F)n(C)c2=O)c1=O. The van der Waals surface area contributed by atoms with Gasteiger partial charge in [-0.05, 0) is 59.7 Å². The minimum Gasteiger partial charge on any atom is -0.453 e. The fourth-order valence-corrected chi connectivity index (χ4v) is 6.28. The van der Waals surface area contributed by atoms with E-state index in [1.165, 1.54) is 74.8 Å². The lowest BCUT2D eigenvalue weighted by atomic mass is 10.1. The summed E-state index contributed by atoms with van der Waals surface area (Å²) in [4.78, 5) is 50.8. The molecule has 0 radical (unpaired) electrons. The molecule has 6 aromatic rings. The van der Waals surface area contributed by atoms with Crippen LogP contribution in [0.5, 0.6) is 23.0 Å². The van der Waals surface area contributed by atoms with E-state index >= 15 is 8.78 Å². The number of halogens is 4. The van der Waals surface area contributed by atoms with Crippen LogP contribution in [0.15, 0.2) is 70.3 Å². The maximum atomic E-state index is 15.7. The maximum absolute atomic E-state index is 15.7. The number of nitrogens with zero attached hydrogens (tertiary/aromatic N) is 10. The molecule has 0 N–H and O–H groups in total. The van der Waals surface area contributed by atoms with Gasteiger partial charge >= 0.3 is 23.3 Å². The maximum Gasteiger partial charge on any atom is 0.348 e. The van der Waals surface area contributed by atoms with Crippen molar-refractivity contribution in [2.75, 3.05) is 0 Å². The molecule has 0 spiro atoms. The third-order valence-electron chi connectivity index (χ3n) is 9.22. The predicted molar refractivity (Wildman–Crippen MR) is 217 cm³/mol. The van der Waals surface area contributed by atoms with E-state index in [2.05, 4.69) is 10.2 Å². The first-order chi connectivity index (χ1) is 30.6. The van der Waals surface area contributed by atoms with Crippen LogP contribution in [0.2, 0.25) is 10.0 Å². The lowest BCUT2D eigenvalue weighted by Crippen LogP contribution is -2.26. The first kappa shape index (κ1) is 45.2. The number of hydrogen-bond acceptors (Lipinski definition) is 14. The molecule has 0 amide bonds. The molecule has 64 heavy (non-hydrogen) atoms. The van der Waals surface area contributed by atoms with E-state index in [4.69, 9.17) is 42.1 Å². The lowest BCUT2D eigenvalue weighted by Gasteiger charge is -2.12. The summed E-state index contributed by atoms with van der Waals surface area (Å²) in [5.74, 6) is -4.27. The molecular formula is C42H28Cl2F2N10O8. The second kappa shape index (κ2) is 19.6. The van der Waals surface area contributed by atoms with Crippen LogP contribution >= 0.6 is 23.2 Å². The van der Waals surface area contributed by atoms with Crippen molar-refractivity contribution in [2.24, 2.45) is 14.1 Å². The zero-order valence-electron chi connectivity index (χ0n) is 33.3. The van der Waals surface area contributed by atoms with Crippen LogP contribution in [0.25, 0.3) is 0 Å². The molecule has 0 aliphatic heterocycles. The van der Waals surface area contributed by atoms with Crippen molar-refractivity contribution in [3.05, 3.63) is 148 Å². The van der Waals surface area contributed by atoms with Crippen molar-refractivity contribution >= 4 is 35.1 Å². The normalized spacial score (nSPS) is 10.6. The number of carbonyl (C=O) groups is 2. The highest BCUT2D eigenvalue weighted by Gasteiger charge is 2.22. The van der Waals surface area contributed by atoms with Crippen molar-refractivity contribution in [2.45, 2.75) is 39.1 Å². The van der Waals surface area contributed by atoms with Crippen LogP contribution in [0, 0.1) is 57.0 Å². The third-order valence-corrected chi connectivity index (χ3v) is 9.81. The van der Waals surface area contributed by atoms with Gasteiger partial charge in [-0.1, -0.05) is 35.3 Å². The first-order valence-corrected chi connectivity index (χ1v) is 19.1. The Morgan fingerprint density at radius 1 is 0.609 bits per heavy atom. The summed E-state index contributed by atoms with van der Waals surface area (Å²) in [7, 11) is 2.73.